The van der Waals surface area contributed by atoms with Gasteiger partial charge in [-0.2, -0.15) is 13.5 Å². The van der Waals surface area contributed by atoms with Gasteiger partial charge in [0.2, 0.25) is 0 Å². The number of carboxylic acid groups (broad SMARTS) is 1. The van der Waals surface area contributed by atoms with Crippen LogP contribution >= 0.6 is 13.5 Å². The Labute approximate surface area is 211 Å². The van der Waals surface area contributed by atoms with Crippen molar-refractivity contribution in [1.82, 2.24) is 15.3 Å². The third-order valence-corrected chi connectivity index (χ3v) is 5.71. The summed E-state index contributed by atoms with van der Waals surface area (Å²) in [7, 11) is 0. The second kappa shape index (κ2) is 12.8. The first-order valence-corrected chi connectivity index (χ1v) is 11.5. The third kappa shape index (κ3) is 7.45. The Bertz CT molecular complexity index is 1130. The van der Waals surface area contributed by atoms with Gasteiger partial charge >= 0.3 is 5.97 Å². The number of nitrogens with one attached hydrogen (secondary N) is 2. The molecule has 3 aromatic rings. The lowest BCUT2D eigenvalue weighted by Crippen LogP contribution is -2.42. The minimum Gasteiger partial charge on any atom is -0.494 e. The summed E-state index contributed by atoms with van der Waals surface area (Å²) in [5.41, 5.74) is 3.50. The molecular formula is C26H30N4O4S. The number of nitrogens with zero attached hydrogens (tertiary/aromatic N) is 2. The summed E-state index contributed by atoms with van der Waals surface area (Å²) >= 11 is 0. The van der Waals surface area contributed by atoms with Gasteiger partial charge in [0, 0.05) is 36.6 Å². The molecule has 0 unspecified atom stereocenters. The molecule has 0 spiro atoms. The SMILES string of the molecule is O=C(N[C@@H](Cc1ccc(OCCCc2ccc3c(n2)NCCC3)cc1)C(=O)O)c1ccncc1.S. The van der Waals surface area contributed by atoms with Crippen molar-refractivity contribution >= 4 is 31.2 Å². The minimum absolute atomic E-state index is 0. The van der Waals surface area contributed by atoms with E-state index in [0.29, 0.717) is 12.2 Å². The molecule has 184 valence electrons. The Balaban J connectivity index is 0.00000342. The molecule has 0 aliphatic carbocycles. The van der Waals surface area contributed by atoms with Crippen molar-refractivity contribution < 1.29 is 19.4 Å². The van der Waals surface area contributed by atoms with Crippen LogP contribution in [0.3, 0.4) is 0 Å². The number of aliphatic carboxylic acids is 1. The first kappa shape index (κ1) is 26.0. The van der Waals surface area contributed by atoms with Gasteiger partial charge in [-0.1, -0.05) is 18.2 Å². The summed E-state index contributed by atoms with van der Waals surface area (Å²) in [4.78, 5) is 32.5. The molecule has 2 aromatic heterocycles. The van der Waals surface area contributed by atoms with Crippen molar-refractivity contribution in [3.63, 3.8) is 0 Å². The molecule has 4 rings (SSSR count). The highest BCUT2D eigenvalue weighted by Gasteiger charge is 2.21. The van der Waals surface area contributed by atoms with Gasteiger partial charge in [-0.25, -0.2) is 9.78 Å². The fraction of sp³-hybridized carbons (Fsp3) is 0.308. The van der Waals surface area contributed by atoms with E-state index in [2.05, 4.69) is 27.8 Å². The molecule has 0 saturated carbocycles. The molecule has 3 heterocycles. The van der Waals surface area contributed by atoms with E-state index >= 15 is 0 Å². The molecule has 1 amide bonds. The van der Waals surface area contributed by atoms with Crippen molar-refractivity contribution in [2.24, 2.45) is 0 Å². The lowest BCUT2D eigenvalue weighted by Gasteiger charge is -2.17. The number of pyridine rings is 2. The average Bonchev–Trinajstić information content (AvgIpc) is 2.87. The van der Waals surface area contributed by atoms with Crippen LogP contribution in [-0.4, -0.2) is 46.1 Å². The van der Waals surface area contributed by atoms with Gasteiger partial charge in [0.15, 0.2) is 0 Å². The zero-order valence-corrected chi connectivity index (χ0v) is 20.4. The first-order chi connectivity index (χ1) is 16.6. The number of benzene rings is 1. The number of ether oxygens (including phenoxy) is 1. The fourth-order valence-electron chi connectivity index (χ4n) is 3.85. The third-order valence-electron chi connectivity index (χ3n) is 5.71. The van der Waals surface area contributed by atoms with Crippen molar-refractivity contribution in [2.75, 3.05) is 18.5 Å². The Kier molecular flexibility index (Phi) is 9.48. The lowest BCUT2D eigenvalue weighted by atomic mass is 10.1. The summed E-state index contributed by atoms with van der Waals surface area (Å²) in [5, 5.41) is 15.4. The highest BCUT2D eigenvalue weighted by molar-refractivity contribution is 7.59. The molecule has 0 fully saturated rings. The number of rotatable bonds is 10. The average molecular weight is 495 g/mol. The number of aryl methyl sites for hydroxylation is 2. The van der Waals surface area contributed by atoms with Crippen LogP contribution in [0, 0.1) is 0 Å². The number of amides is 1. The molecule has 3 N–H and O–H groups in total. The van der Waals surface area contributed by atoms with Gasteiger partial charge in [-0.15, -0.1) is 0 Å². The van der Waals surface area contributed by atoms with E-state index < -0.39 is 17.9 Å². The number of fused-ring (bicyclic) bond motifs is 1. The van der Waals surface area contributed by atoms with E-state index in [1.165, 1.54) is 18.0 Å². The second-order valence-corrected chi connectivity index (χ2v) is 8.24. The van der Waals surface area contributed by atoms with Crippen molar-refractivity contribution in [3.05, 3.63) is 83.3 Å². The summed E-state index contributed by atoms with van der Waals surface area (Å²) < 4.78 is 5.83. The molecule has 0 bridgehead atoms. The maximum atomic E-state index is 12.3. The van der Waals surface area contributed by atoms with Crippen LogP contribution in [0.25, 0.3) is 0 Å². The van der Waals surface area contributed by atoms with E-state index in [-0.39, 0.29) is 19.9 Å². The zero-order valence-electron chi connectivity index (χ0n) is 19.4. The number of carbonyl (C=O) groups is 2. The van der Waals surface area contributed by atoms with Gasteiger partial charge in [0.1, 0.15) is 17.6 Å². The number of hydrogen-bond donors (Lipinski definition) is 3. The highest BCUT2D eigenvalue weighted by Crippen LogP contribution is 2.20. The van der Waals surface area contributed by atoms with E-state index in [1.807, 2.05) is 24.3 Å². The summed E-state index contributed by atoms with van der Waals surface area (Å²) in [6, 6.07) is 13.6. The van der Waals surface area contributed by atoms with Crippen LogP contribution in [0.2, 0.25) is 0 Å². The van der Waals surface area contributed by atoms with Gasteiger partial charge in [0.05, 0.1) is 6.61 Å². The number of anilines is 1. The topological polar surface area (TPSA) is 113 Å². The van der Waals surface area contributed by atoms with Crippen LogP contribution in [0.5, 0.6) is 5.75 Å². The van der Waals surface area contributed by atoms with Crippen LogP contribution < -0.4 is 15.4 Å². The highest BCUT2D eigenvalue weighted by atomic mass is 32.1. The van der Waals surface area contributed by atoms with Crippen molar-refractivity contribution in [3.8, 4) is 5.75 Å². The molecule has 0 radical (unpaired) electrons. The molecule has 1 aliphatic heterocycles. The molecule has 8 nitrogen and oxygen atoms in total. The first-order valence-electron chi connectivity index (χ1n) is 11.5. The minimum atomic E-state index is -1.09. The smallest absolute Gasteiger partial charge is 0.326 e. The predicted molar refractivity (Wildman–Crippen MR) is 139 cm³/mol. The molecule has 1 aliphatic rings. The maximum absolute atomic E-state index is 12.3. The van der Waals surface area contributed by atoms with Gasteiger partial charge < -0.3 is 20.5 Å². The van der Waals surface area contributed by atoms with Crippen LogP contribution in [0.1, 0.15) is 40.0 Å². The molecule has 0 saturated heterocycles. The Morgan fingerprint density at radius 1 is 1.09 bits per heavy atom. The van der Waals surface area contributed by atoms with E-state index in [1.54, 1.807) is 12.1 Å². The van der Waals surface area contributed by atoms with Crippen LogP contribution in [0.4, 0.5) is 5.82 Å². The van der Waals surface area contributed by atoms with Crippen molar-refractivity contribution in [2.45, 2.75) is 38.1 Å². The zero-order chi connectivity index (χ0) is 23.8. The van der Waals surface area contributed by atoms with Crippen molar-refractivity contribution in [1.29, 1.82) is 0 Å². The number of hydrogen-bond acceptors (Lipinski definition) is 6. The summed E-state index contributed by atoms with van der Waals surface area (Å²) in [6.45, 7) is 1.54. The molecule has 1 aromatic carbocycles. The number of aromatic nitrogens is 2. The van der Waals surface area contributed by atoms with E-state index in [9.17, 15) is 14.7 Å². The van der Waals surface area contributed by atoms with Crippen LogP contribution in [-0.2, 0) is 24.1 Å². The predicted octanol–water partition coefficient (Wildman–Crippen LogP) is 3.38. The summed E-state index contributed by atoms with van der Waals surface area (Å²) in [5.74, 6) is 0.195. The van der Waals surface area contributed by atoms with Gasteiger partial charge in [-0.05, 0) is 67.1 Å². The van der Waals surface area contributed by atoms with Gasteiger partial charge in [-0.3, -0.25) is 9.78 Å². The molecule has 35 heavy (non-hydrogen) atoms. The fourth-order valence-corrected chi connectivity index (χ4v) is 3.85. The standard InChI is InChI=1S/C26H28N4O4.H2S/c31-25(20-11-14-27-15-12-20)30-23(26(32)33)17-18-5-9-22(10-6-18)34-16-2-4-21-8-7-19-3-1-13-28-24(19)29-21;/h5-12,14-15,23H,1-4,13,16-17H2,(H,28,29)(H,30,31)(H,32,33);1H2/t23-;/m0./s1. The monoisotopic (exact) mass is 494 g/mol. The number of carbonyl (C=O) groups excluding carboxylic acids is 1. The quantitative estimate of drug-likeness (QED) is 0.370. The normalized spacial score (nSPS) is 12.9. The Morgan fingerprint density at radius 3 is 2.60 bits per heavy atom. The molecule has 9 heteroatoms. The van der Waals surface area contributed by atoms with E-state index in [0.717, 1.165) is 55.1 Å². The van der Waals surface area contributed by atoms with Crippen LogP contribution in [0.15, 0.2) is 60.9 Å². The second-order valence-electron chi connectivity index (χ2n) is 8.24. The Morgan fingerprint density at radius 2 is 1.86 bits per heavy atom. The summed E-state index contributed by atoms with van der Waals surface area (Å²) in [6.07, 6.45) is 7.07. The molecular weight excluding hydrogens is 464 g/mol. The van der Waals surface area contributed by atoms with E-state index in [4.69, 9.17) is 9.72 Å². The lowest BCUT2D eigenvalue weighted by molar-refractivity contribution is -0.139. The largest absolute Gasteiger partial charge is 0.494 e. The molecule has 1 atom stereocenters. The maximum Gasteiger partial charge on any atom is 0.326 e. The Hall–Kier alpha value is -3.59. The van der Waals surface area contributed by atoms with Gasteiger partial charge in [0.25, 0.3) is 5.91 Å². The number of carboxylic acids is 1.